The second-order valence-corrected chi connectivity index (χ2v) is 10.3. The van der Waals surface area contributed by atoms with E-state index in [1.807, 2.05) is 84.9 Å². The minimum atomic E-state index is -2.33. The van der Waals surface area contributed by atoms with E-state index in [4.69, 9.17) is 4.74 Å². The van der Waals surface area contributed by atoms with Gasteiger partial charge in [0.2, 0.25) is 5.91 Å². The topological polar surface area (TPSA) is 41.5 Å². The number of nitrogens with zero attached hydrogens (tertiary/aromatic N) is 1. The number of benzene rings is 4. The Morgan fingerprint density at radius 3 is 1.50 bits per heavy atom. The number of rotatable bonds is 7. The lowest BCUT2D eigenvalue weighted by molar-refractivity contribution is -0.116. The predicted octanol–water partition coefficient (Wildman–Crippen LogP) is 4.99. The summed E-state index contributed by atoms with van der Waals surface area (Å²) in [4.78, 5) is 12.5. The molecule has 4 rings (SSSR count). The van der Waals surface area contributed by atoms with Crippen LogP contribution < -0.4 is 21.2 Å². The van der Waals surface area contributed by atoms with Crippen molar-refractivity contribution in [2.75, 3.05) is 0 Å². The maximum Gasteiger partial charge on any atom is 0.245 e. The van der Waals surface area contributed by atoms with Crippen LogP contribution >= 0.6 is 7.05 Å². The Bertz CT molecular complexity index is 1120. The van der Waals surface area contributed by atoms with Crippen LogP contribution in [0.15, 0.2) is 138 Å². The smallest absolute Gasteiger partial charge is 0.245 e. The second kappa shape index (κ2) is 10.6. The second-order valence-electron chi connectivity index (χ2n) is 7.28. The molecule has 0 radical (unpaired) electrons. The molecule has 0 fully saturated rings. The van der Waals surface area contributed by atoms with E-state index in [1.165, 1.54) is 6.08 Å². The number of carbonyl (C=O) groups excluding carboxylic acids is 1. The lowest BCUT2D eigenvalue weighted by atomic mass is 10.2. The maximum atomic E-state index is 12.5. The summed E-state index contributed by atoms with van der Waals surface area (Å²) in [6.45, 7) is 0.486. The maximum absolute atomic E-state index is 12.5. The molecule has 0 aliphatic rings. The Balaban J connectivity index is 1.74. The number of carbonyl (C=O) groups is 1. The zero-order chi connectivity index (χ0) is 22.1. The Morgan fingerprint density at radius 1 is 0.656 bits per heavy atom. The first-order chi connectivity index (χ1) is 15.8. The van der Waals surface area contributed by atoms with Gasteiger partial charge in [-0.15, -0.1) is 0 Å². The van der Waals surface area contributed by atoms with Gasteiger partial charge < -0.3 is 5.32 Å². The van der Waals surface area contributed by atoms with Gasteiger partial charge in [0.25, 0.3) is 0 Å². The van der Waals surface area contributed by atoms with Gasteiger partial charge in [0.05, 0.1) is 7.05 Å². The average molecular weight is 436 g/mol. The van der Waals surface area contributed by atoms with E-state index < -0.39 is 7.05 Å². The molecular weight excluding hydrogens is 411 g/mol. The molecule has 158 valence electrons. The normalized spacial score (nSPS) is 11.2. The van der Waals surface area contributed by atoms with Crippen molar-refractivity contribution < 1.29 is 4.79 Å². The number of hydrogen-bond donors (Lipinski definition) is 1. The summed E-state index contributed by atoms with van der Waals surface area (Å²) in [5.41, 5.74) is 1.06. The molecule has 32 heavy (non-hydrogen) atoms. The van der Waals surface area contributed by atoms with Gasteiger partial charge in [0, 0.05) is 34.7 Å². The minimum Gasteiger partial charge on any atom is -0.348 e. The van der Waals surface area contributed by atoms with E-state index in [1.54, 1.807) is 6.20 Å². The molecule has 4 aromatic carbocycles. The Labute approximate surface area is 189 Å². The van der Waals surface area contributed by atoms with Gasteiger partial charge in [-0.05, 0) is 5.56 Å². The summed E-state index contributed by atoms with van der Waals surface area (Å²) in [6.07, 6.45) is 3.19. The van der Waals surface area contributed by atoms with Crippen LogP contribution in [0.3, 0.4) is 0 Å². The molecule has 0 aromatic heterocycles. The fourth-order valence-corrected chi connectivity index (χ4v) is 7.00. The van der Waals surface area contributed by atoms with Crippen LogP contribution in [0.4, 0.5) is 0 Å². The van der Waals surface area contributed by atoms with Crippen molar-refractivity contribution in [3.8, 4) is 0 Å². The van der Waals surface area contributed by atoms with E-state index in [2.05, 4.69) is 41.7 Å². The van der Waals surface area contributed by atoms with Crippen molar-refractivity contribution >= 4 is 28.9 Å². The largest absolute Gasteiger partial charge is 0.348 e. The lowest BCUT2D eigenvalue weighted by Gasteiger charge is -2.26. The summed E-state index contributed by atoms with van der Waals surface area (Å²) < 4.78 is 5.13. The quantitative estimate of drug-likeness (QED) is 0.322. The fraction of sp³-hybridized carbons (Fsp3) is 0.0357. The highest BCUT2D eigenvalue weighted by atomic mass is 31.2. The molecule has 0 spiro atoms. The van der Waals surface area contributed by atoms with Crippen LogP contribution in [0, 0.1) is 0 Å². The first-order valence-electron chi connectivity index (χ1n) is 10.6. The van der Waals surface area contributed by atoms with Crippen LogP contribution in [0.1, 0.15) is 5.56 Å². The monoisotopic (exact) mass is 436 g/mol. The molecule has 0 atom stereocenters. The zero-order valence-corrected chi connectivity index (χ0v) is 18.6. The van der Waals surface area contributed by atoms with Crippen LogP contribution in [0.5, 0.6) is 0 Å². The van der Waals surface area contributed by atoms with Gasteiger partial charge in [-0.2, -0.15) is 0 Å². The number of hydrogen-bond acceptors (Lipinski definition) is 2. The highest BCUT2D eigenvalue weighted by Gasteiger charge is 2.26. The van der Waals surface area contributed by atoms with E-state index in [-0.39, 0.29) is 5.91 Å². The summed E-state index contributed by atoms with van der Waals surface area (Å²) >= 11 is 0. The number of nitrogens with one attached hydrogen (secondary N) is 1. The lowest BCUT2D eigenvalue weighted by Crippen LogP contribution is -2.25. The Kier molecular flexibility index (Phi) is 7.12. The molecule has 0 bridgehead atoms. The molecule has 0 saturated heterocycles. The molecule has 0 unspecified atom stereocenters. The van der Waals surface area contributed by atoms with E-state index in [9.17, 15) is 4.79 Å². The van der Waals surface area contributed by atoms with Gasteiger partial charge in [-0.3, -0.25) is 9.54 Å². The summed E-state index contributed by atoms with van der Waals surface area (Å²) in [7, 11) is -2.33. The van der Waals surface area contributed by atoms with E-state index >= 15 is 0 Å². The van der Waals surface area contributed by atoms with Gasteiger partial charge in [0.15, 0.2) is 0 Å². The summed E-state index contributed by atoms with van der Waals surface area (Å²) in [5, 5.41) is 6.37. The molecule has 0 saturated carbocycles. The first-order valence-corrected chi connectivity index (χ1v) is 12.3. The molecule has 3 nitrogen and oxygen atoms in total. The summed E-state index contributed by atoms with van der Waals surface area (Å²) in [5.74, 6) is -0.162. The van der Waals surface area contributed by atoms with Gasteiger partial charge in [-0.1, -0.05) is 121 Å². The first kappa shape index (κ1) is 21.5. The van der Waals surface area contributed by atoms with Gasteiger partial charge >= 0.3 is 0 Å². The Morgan fingerprint density at radius 2 is 1.06 bits per heavy atom. The van der Waals surface area contributed by atoms with Crippen LogP contribution in [0.25, 0.3) is 0 Å². The molecule has 0 aliphatic carbocycles. The zero-order valence-electron chi connectivity index (χ0n) is 17.7. The molecule has 0 heterocycles. The van der Waals surface area contributed by atoms with Crippen molar-refractivity contribution in [3.63, 3.8) is 0 Å². The molecule has 4 aromatic rings. The van der Waals surface area contributed by atoms with Crippen molar-refractivity contribution in [2.24, 2.45) is 4.74 Å². The van der Waals surface area contributed by atoms with Crippen LogP contribution in [-0.4, -0.2) is 5.91 Å². The summed E-state index contributed by atoms with van der Waals surface area (Å²) in [6, 6.07) is 40.9. The SMILES string of the molecule is O=C(/C=C/N=P(c1ccccc1)(c1ccccc1)c1ccccc1)NCc1ccccc1. The third-order valence-electron chi connectivity index (χ3n) is 5.16. The molecule has 0 aliphatic heterocycles. The van der Waals surface area contributed by atoms with E-state index in [0.717, 1.165) is 21.5 Å². The van der Waals surface area contributed by atoms with Crippen molar-refractivity contribution in [2.45, 2.75) is 6.54 Å². The van der Waals surface area contributed by atoms with Crippen molar-refractivity contribution in [1.29, 1.82) is 0 Å². The molecule has 1 N–H and O–H groups in total. The van der Waals surface area contributed by atoms with E-state index in [0.29, 0.717) is 6.54 Å². The standard InChI is InChI=1S/C28H25N2OP/c31-28(29-23-24-13-5-1-6-14-24)21-22-30-32(25-15-7-2-8-16-25,26-17-9-3-10-18-26)27-19-11-4-12-20-27/h1-22H,23H2,(H,29,31)/b22-21+. The van der Waals surface area contributed by atoms with Crippen molar-refractivity contribution in [1.82, 2.24) is 5.32 Å². The van der Waals surface area contributed by atoms with Crippen LogP contribution in [-0.2, 0) is 11.3 Å². The fourth-order valence-electron chi connectivity index (χ4n) is 3.62. The van der Waals surface area contributed by atoms with Crippen molar-refractivity contribution in [3.05, 3.63) is 139 Å². The third-order valence-corrected chi connectivity index (χ3v) is 8.78. The average Bonchev–Trinajstić information content (AvgIpc) is 2.88. The Hall–Kier alpha value is -3.68. The highest BCUT2D eigenvalue weighted by molar-refractivity contribution is 7.87. The molecule has 1 amide bonds. The van der Waals surface area contributed by atoms with Gasteiger partial charge in [0.1, 0.15) is 0 Å². The van der Waals surface area contributed by atoms with Gasteiger partial charge in [-0.25, -0.2) is 0 Å². The third kappa shape index (κ3) is 4.96. The van der Waals surface area contributed by atoms with Crippen LogP contribution in [0.2, 0.25) is 0 Å². The number of amides is 1. The highest BCUT2D eigenvalue weighted by Crippen LogP contribution is 2.46. The minimum absolute atomic E-state index is 0.162. The predicted molar refractivity (Wildman–Crippen MR) is 135 cm³/mol. The molecule has 4 heteroatoms. The molecular formula is C28H25N2OP.